The quantitative estimate of drug-likeness (QED) is 0.595. The van der Waals surface area contributed by atoms with Gasteiger partial charge in [-0.3, -0.25) is 14.9 Å². The Morgan fingerprint density at radius 2 is 2.27 bits per heavy atom. The molecule has 1 aromatic rings. The van der Waals surface area contributed by atoms with Crippen molar-refractivity contribution in [2.24, 2.45) is 11.3 Å². The predicted molar refractivity (Wildman–Crippen MR) is 91.5 cm³/mol. The largest absolute Gasteiger partial charge is 0.465 e. The minimum Gasteiger partial charge on any atom is -0.465 e. The lowest BCUT2D eigenvalue weighted by Gasteiger charge is -2.39. The number of nitrogens with one attached hydrogen (secondary N) is 3. The zero-order chi connectivity index (χ0) is 18.7. The average molecular weight is 382 g/mol. The molecule has 0 aromatic carbocycles. The number of ether oxygens (including phenoxy) is 1. The van der Waals surface area contributed by atoms with E-state index < -0.39 is 18.2 Å². The first-order valence-corrected chi connectivity index (χ1v) is 8.38. The van der Waals surface area contributed by atoms with Gasteiger partial charge in [-0.2, -0.15) is 0 Å². The normalized spacial score (nSPS) is 21.6. The summed E-state index contributed by atoms with van der Waals surface area (Å²) in [6.07, 6.45) is 4.41. The molecule has 0 radical (unpaired) electrons. The van der Waals surface area contributed by atoms with Gasteiger partial charge in [0, 0.05) is 31.3 Å². The third-order valence-corrected chi connectivity index (χ3v) is 4.59. The highest BCUT2D eigenvalue weighted by Crippen LogP contribution is 2.47. The summed E-state index contributed by atoms with van der Waals surface area (Å²) in [5.74, 6) is -0.472. The number of rotatable bonds is 8. The predicted octanol–water partition coefficient (Wildman–Crippen LogP) is 1.99. The van der Waals surface area contributed by atoms with Crippen LogP contribution >= 0.6 is 11.6 Å². The number of nitrogens with zero attached hydrogens (tertiary/aromatic N) is 2. The number of hydrogen-bond acceptors (Lipinski definition) is 6. The lowest BCUT2D eigenvalue weighted by Crippen LogP contribution is -2.45. The molecular formula is C16H17ClFN5O3. The van der Waals surface area contributed by atoms with E-state index in [1.165, 1.54) is 12.3 Å². The van der Waals surface area contributed by atoms with Crippen molar-refractivity contribution >= 4 is 35.6 Å². The number of hydrogen-bond donors (Lipinski definition) is 3. The number of amides is 2. The Kier molecular flexibility index (Phi) is 5.17. The monoisotopic (exact) mass is 381 g/mol. The van der Waals surface area contributed by atoms with E-state index in [0.717, 1.165) is 19.1 Å². The fourth-order valence-corrected chi connectivity index (χ4v) is 3.10. The van der Waals surface area contributed by atoms with Gasteiger partial charge in [-0.05, 0) is 18.9 Å². The average Bonchev–Trinajstić information content (AvgIpc) is 3.48. The van der Waals surface area contributed by atoms with Crippen LogP contribution in [0.4, 0.5) is 10.3 Å². The van der Waals surface area contributed by atoms with Crippen molar-refractivity contribution in [2.75, 3.05) is 18.7 Å². The minimum absolute atomic E-state index is 0.00684. The van der Waals surface area contributed by atoms with E-state index in [1.54, 1.807) is 0 Å². The second-order valence-electron chi connectivity index (χ2n) is 6.18. The molecule has 0 aliphatic heterocycles. The van der Waals surface area contributed by atoms with Crippen LogP contribution in [0.15, 0.2) is 23.1 Å². The molecule has 1 aromatic heterocycles. The fraction of sp³-hybridized carbons (Fsp3) is 0.438. The van der Waals surface area contributed by atoms with Crippen molar-refractivity contribution in [1.82, 2.24) is 15.3 Å². The Balaban J connectivity index is 1.63. The summed E-state index contributed by atoms with van der Waals surface area (Å²) >= 11 is 5.90. The molecule has 10 heteroatoms. The van der Waals surface area contributed by atoms with Crippen LogP contribution in [-0.4, -0.2) is 41.4 Å². The second-order valence-corrected chi connectivity index (χ2v) is 6.63. The third-order valence-electron chi connectivity index (χ3n) is 4.28. The second kappa shape index (κ2) is 7.36. The lowest BCUT2D eigenvalue weighted by molar-refractivity contribution is -0.117. The molecule has 0 spiro atoms. The van der Waals surface area contributed by atoms with Crippen LogP contribution < -0.4 is 10.6 Å². The number of allylic oxidation sites excluding steroid dienone is 1. The van der Waals surface area contributed by atoms with E-state index in [-0.39, 0.29) is 42.2 Å². The van der Waals surface area contributed by atoms with E-state index in [2.05, 4.69) is 20.6 Å². The summed E-state index contributed by atoms with van der Waals surface area (Å²) in [5.41, 5.74) is -0.900. The summed E-state index contributed by atoms with van der Waals surface area (Å²) in [4.78, 5) is 32.0. The topological polar surface area (TPSA) is 117 Å². The van der Waals surface area contributed by atoms with Gasteiger partial charge in [-0.1, -0.05) is 11.6 Å². The maximum atomic E-state index is 12.5. The fourth-order valence-electron chi connectivity index (χ4n) is 2.62. The van der Waals surface area contributed by atoms with Gasteiger partial charge < -0.3 is 15.5 Å². The van der Waals surface area contributed by atoms with Gasteiger partial charge in [0.25, 0.3) is 5.91 Å². The molecule has 1 unspecified atom stereocenters. The van der Waals surface area contributed by atoms with Gasteiger partial charge >= 0.3 is 0 Å². The van der Waals surface area contributed by atoms with Gasteiger partial charge in [0.15, 0.2) is 0 Å². The van der Waals surface area contributed by atoms with Crippen LogP contribution in [0.3, 0.4) is 0 Å². The first kappa shape index (κ1) is 18.2. The number of halogens is 2. The summed E-state index contributed by atoms with van der Waals surface area (Å²) in [5, 5.41) is 13.1. The van der Waals surface area contributed by atoms with Gasteiger partial charge in [0.1, 0.15) is 11.5 Å². The van der Waals surface area contributed by atoms with Crippen molar-refractivity contribution in [1.29, 1.82) is 5.41 Å². The van der Waals surface area contributed by atoms with E-state index in [1.807, 2.05) is 0 Å². The maximum absolute atomic E-state index is 12.5. The minimum atomic E-state index is -1.06. The standard InChI is InChI=1S/C16H17ClFN5O3/c17-10-5-16(6-19,12(10)26-8-18)7-21-14(25)11-3-4-20-15(22-11)23-13(24)9-1-2-9/h3-4,6,9,19H,1-2,5,7-8H2,(H,21,25)(H,20,22,23,24). The van der Waals surface area contributed by atoms with Gasteiger partial charge in [-0.25, -0.2) is 14.4 Å². The first-order valence-electron chi connectivity index (χ1n) is 8.01. The highest BCUT2D eigenvalue weighted by Gasteiger charge is 2.45. The van der Waals surface area contributed by atoms with E-state index in [0.29, 0.717) is 5.03 Å². The van der Waals surface area contributed by atoms with Crippen LogP contribution in [0.5, 0.6) is 0 Å². The number of anilines is 1. The van der Waals surface area contributed by atoms with Crippen molar-refractivity contribution in [3.05, 3.63) is 28.7 Å². The van der Waals surface area contributed by atoms with Gasteiger partial charge in [0.05, 0.1) is 10.4 Å². The molecule has 8 nitrogen and oxygen atoms in total. The molecule has 1 heterocycles. The van der Waals surface area contributed by atoms with Crippen molar-refractivity contribution in [2.45, 2.75) is 19.3 Å². The Bertz CT molecular complexity index is 783. The molecule has 1 fully saturated rings. The molecule has 0 saturated heterocycles. The van der Waals surface area contributed by atoms with Crippen LogP contribution in [0.2, 0.25) is 0 Å². The van der Waals surface area contributed by atoms with Crippen LogP contribution in [0.25, 0.3) is 0 Å². The zero-order valence-corrected chi connectivity index (χ0v) is 14.5. The number of carbonyl (C=O) groups is 2. The summed E-state index contributed by atoms with van der Waals surface area (Å²) in [7, 11) is 0. The molecule has 0 bridgehead atoms. The molecule has 1 saturated carbocycles. The molecule has 2 aliphatic carbocycles. The lowest BCUT2D eigenvalue weighted by atomic mass is 9.74. The van der Waals surface area contributed by atoms with Crippen LogP contribution in [-0.2, 0) is 9.53 Å². The summed E-state index contributed by atoms with van der Waals surface area (Å²) in [6.45, 7) is -1.06. The van der Waals surface area contributed by atoms with E-state index in [9.17, 15) is 14.0 Å². The molecule has 3 rings (SSSR count). The molecule has 2 amide bonds. The molecular weight excluding hydrogens is 365 g/mol. The number of carbonyl (C=O) groups excluding carboxylic acids is 2. The zero-order valence-electron chi connectivity index (χ0n) is 13.7. The van der Waals surface area contributed by atoms with Crippen molar-refractivity contribution in [3.63, 3.8) is 0 Å². The van der Waals surface area contributed by atoms with Crippen molar-refractivity contribution < 1.29 is 18.7 Å². The smallest absolute Gasteiger partial charge is 0.270 e. The highest BCUT2D eigenvalue weighted by molar-refractivity contribution is 6.31. The molecule has 3 N–H and O–H groups in total. The SMILES string of the molecule is N=CC1(CNC(=O)c2ccnc(NC(=O)C3CC3)n2)CC(Cl)=C1OCF. The molecule has 2 aliphatic rings. The third kappa shape index (κ3) is 3.67. The number of alkyl halides is 1. The van der Waals surface area contributed by atoms with Crippen LogP contribution in [0.1, 0.15) is 29.8 Å². The number of aromatic nitrogens is 2. The molecule has 1 atom stereocenters. The maximum Gasteiger partial charge on any atom is 0.270 e. The van der Waals surface area contributed by atoms with Gasteiger partial charge in [-0.15, -0.1) is 0 Å². The molecule has 26 heavy (non-hydrogen) atoms. The highest BCUT2D eigenvalue weighted by atomic mass is 35.5. The summed E-state index contributed by atoms with van der Waals surface area (Å²) in [6, 6.07) is 1.40. The Morgan fingerprint density at radius 1 is 1.50 bits per heavy atom. The van der Waals surface area contributed by atoms with E-state index >= 15 is 0 Å². The Morgan fingerprint density at radius 3 is 2.88 bits per heavy atom. The first-order chi connectivity index (χ1) is 12.5. The van der Waals surface area contributed by atoms with E-state index in [4.69, 9.17) is 21.7 Å². The molecule has 138 valence electrons. The Labute approximate surface area is 153 Å². The summed E-state index contributed by atoms with van der Waals surface area (Å²) < 4.78 is 17.3. The Hall–Kier alpha value is -2.55. The van der Waals surface area contributed by atoms with Crippen molar-refractivity contribution in [3.8, 4) is 0 Å². The van der Waals surface area contributed by atoms with Crippen LogP contribution in [0, 0.1) is 16.7 Å². The van der Waals surface area contributed by atoms with Gasteiger partial charge in [0.2, 0.25) is 18.7 Å².